The summed E-state index contributed by atoms with van der Waals surface area (Å²) in [7, 11) is 3.15. The molecule has 1 fully saturated rings. The minimum absolute atomic E-state index is 0.00307. The van der Waals surface area contributed by atoms with E-state index in [-0.39, 0.29) is 5.91 Å². The van der Waals surface area contributed by atoms with Gasteiger partial charge in [-0.15, -0.1) is 0 Å². The number of ether oxygens (including phenoxy) is 2. The number of carbonyl (C=O) groups is 1. The topological polar surface area (TPSA) is 42.0 Å². The molecule has 0 unspecified atom stereocenters. The fourth-order valence-electron chi connectivity index (χ4n) is 3.60. The van der Waals surface area contributed by atoms with Gasteiger partial charge < -0.3 is 14.4 Å². The van der Waals surface area contributed by atoms with E-state index >= 15 is 0 Å². The number of benzene rings is 2. The SMILES string of the molecule is COc1cccc(C(=O)N2CCN(Cc3ccc(C(C)C)cc3)CC2)c1OC. The summed E-state index contributed by atoms with van der Waals surface area (Å²) in [5, 5.41) is 0. The number of methoxy groups -OCH3 is 2. The van der Waals surface area contributed by atoms with Gasteiger partial charge in [0.1, 0.15) is 0 Å². The average molecular weight is 383 g/mol. The standard InChI is InChI=1S/C23H30N2O3/c1-17(2)19-10-8-18(9-11-19)16-24-12-14-25(15-13-24)23(26)20-6-5-7-21(27-3)22(20)28-4/h5-11,17H,12-16H2,1-4H3. The van der Waals surface area contributed by atoms with Gasteiger partial charge in [-0.1, -0.05) is 44.2 Å². The van der Waals surface area contributed by atoms with Crippen molar-refractivity contribution in [2.24, 2.45) is 0 Å². The lowest BCUT2D eigenvalue weighted by molar-refractivity contribution is 0.0624. The third-order valence-corrected chi connectivity index (χ3v) is 5.35. The summed E-state index contributed by atoms with van der Waals surface area (Å²) in [6, 6.07) is 14.3. The molecule has 0 aliphatic carbocycles. The molecular formula is C23H30N2O3. The minimum Gasteiger partial charge on any atom is -0.493 e. The molecule has 0 radical (unpaired) electrons. The highest BCUT2D eigenvalue weighted by atomic mass is 16.5. The van der Waals surface area contributed by atoms with Crippen molar-refractivity contribution in [1.82, 2.24) is 9.80 Å². The first-order valence-electron chi connectivity index (χ1n) is 9.85. The molecule has 1 aliphatic heterocycles. The largest absolute Gasteiger partial charge is 0.493 e. The molecule has 2 aromatic carbocycles. The van der Waals surface area contributed by atoms with Crippen LogP contribution in [-0.2, 0) is 6.54 Å². The molecule has 3 rings (SSSR count). The van der Waals surface area contributed by atoms with Crippen LogP contribution in [-0.4, -0.2) is 56.1 Å². The summed E-state index contributed by atoms with van der Waals surface area (Å²) >= 11 is 0. The number of para-hydroxylation sites is 1. The normalized spacial score (nSPS) is 15.0. The van der Waals surface area contributed by atoms with E-state index in [9.17, 15) is 4.79 Å². The third kappa shape index (κ3) is 4.47. The molecule has 28 heavy (non-hydrogen) atoms. The molecule has 2 aromatic rings. The summed E-state index contributed by atoms with van der Waals surface area (Å²) in [4.78, 5) is 17.3. The van der Waals surface area contributed by atoms with E-state index in [1.54, 1.807) is 26.4 Å². The van der Waals surface area contributed by atoms with Crippen molar-refractivity contribution in [3.8, 4) is 11.5 Å². The van der Waals surface area contributed by atoms with Gasteiger partial charge in [0.2, 0.25) is 0 Å². The third-order valence-electron chi connectivity index (χ3n) is 5.35. The smallest absolute Gasteiger partial charge is 0.257 e. The molecule has 1 heterocycles. The van der Waals surface area contributed by atoms with Crippen LogP contribution < -0.4 is 9.47 Å². The van der Waals surface area contributed by atoms with Crippen molar-refractivity contribution >= 4 is 5.91 Å². The first kappa shape index (κ1) is 20.2. The number of nitrogens with zero attached hydrogens (tertiary/aromatic N) is 2. The highest BCUT2D eigenvalue weighted by molar-refractivity contribution is 5.97. The van der Waals surface area contributed by atoms with E-state index < -0.39 is 0 Å². The zero-order chi connectivity index (χ0) is 20.1. The van der Waals surface area contributed by atoms with Crippen molar-refractivity contribution < 1.29 is 14.3 Å². The number of carbonyl (C=O) groups excluding carboxylic acids is 1. The highest BCUT2D eigenvalue weighted by Gasteiger charge is 2.25. The Labute approximate surface area is 167 Å². The molecule has 0 bridgehead atoms. The van der Waals surface area contributed by atoms with Gasteiger partial charge >= 0.3 is 0 Å². The fraction of sp³-hybridized carbons (Fsp3) is 0.435. The minimum atomic E-state index is -0.00307. The zero-order valence-corrected chi connectivity index (χ0v) is 17.3. The van der Waals surface area contributed by atoms with Crippen molar-refractivity contribution in [3.63, 3.8) is 0 Å². The van der Waals surface area contributed by atoms with Crippen LogP contribution in [0.5, 0.6) is 11.5 Å². The van der Waals surface area contributed by atoms with Gasteiger partial charge in [0.15, 0.2) is 11.5 Å². The molecule has 0 N–H and O–H groups in total. The summed E-state index contributed by atoms with van der Waals surface area (Å²) in [6.45, 7) is 8.49. The molecule has 1 aliphatic rings. The summed E-state index contributed by atoms with van der Waals surface area (Å²) in [5.41, 5.74) is 3.24. The van der Waals surface area contributed by atoms with E-state index in [4.69, 9.17) is 9.47 Å². The van der Waals surface area contributed by atoms with Gasteiger partial charge in [0.05, 0.1) is 19.8 Å². The predicted molar refractivity (Wildman–Crippen MR) is 111 cm³/mol. The summed E-state index contributed by atoms with van der Waals surface area (Å²) in [5.74, 6) is 1.63. The molecule has 150 valence electrons. The second kappa shape index (κ2) is 9.11. The molecule has 5 heteroatoms. The Morgan fingerprint density at radius 3 is 2.21 bits per heavy atom. The quantitative estimate of drug-likeness (QED) is 0.762. The van der Waals surface area contributed by atoms with Crippen molar-refractivity contribution in [2.75, 3.05) is 40.4 Å². The van der Waals surface area contributed by atoms with Crippen LogP contribution in [0.2, 0.25) is 0 Å². The molecule has 0 spiro atoms. The average Bonchev–Trinajstić information content (AvgIpc) is 2.73. The first-order chi connectivity index (χ1) is 13.5. The number of amides is 1. The fourth-order valence-corrected chi connectivity index (χ4v) is 3.60. The van der Waals surface area contributed by atoms with Crippen LogP contribution in [0.25, 0.3) is 0 Å². The second-order valence-electron chi connectivity index (χ2n) is 7.51. The first-order valence-corrected chi connectivity index (χ1v) is 9.85. The highest BCUT2D eigenvalue weighted by Crippen LogP contribution is 2.31. The zero-order valence-electron chi connectivity index (χ0n) is 17.3. The Hall–Kier alpha value is -2.53. The Morgan fingerprint density at radius 1 is 0.964 bits per heavy atom. The van der Waals surface area contributed by atoms with Crippen LogP contribution in [0, 0.1) is 0 Å². The van der Waals surface area contributed by atoms with Crippen LogP contribution in [0.15, 0.2) is 42.5 Å². The van der Waals surface area contributed by atoms with Gasteiger partial charge in [-0.2, -0.15) is 0 Å². The molecule has 0 atom stereocenters. The van der Waals surface area contributed by atoms with Crippen molar-refractivity contribution in [1.29, 1.82) is 0 Å². The van der Waals surface area contributed by atoms with Gasteiger partial charge in [-0.3, -0.25) is 9.69 Å². The van der Waals surface area contributed by atoms with Gasteiger partial charge in [0.25, 0.3) is 5.91 Å². The maximum Gasteiger partial charge on any atom is 0.257 e. The lowest BCUT2D eigenvalue weighted by atomic mass is 10.0. The van der Waals surface area contributed by atoms with E-state index in [0.717, 1.165) is 19.6 Å². The second-order valence-corrected chi connectivity index (χ2v) is 7.51. The Kier molecular flexibility index (Phi) is 6.57. The maximum absolute atomic E-state index is 13.0. The number of hydrogen-bond acceptors (Lipinski definition) is 4. The van der Waals surface area contributed by atoms with Crippen LogP contribution in [0.1, 0.15) is 41.3 Å². The molecular weight excluding hydrogens is 352 g/mol. The summed E-state index contributed by atoms with van der Waals surface area (Å²) < 4.78 is 10.7. The Morgan fingerprint density at radius 2 is 1.64 bits per heavy atom. The van der Waals surface area contributed by atoms with E-state index in [0.29, 0.717) is 36.1 Å². The van der Waals surface area contributed by atoms with Gasteiger partial charge in [0, 0.05) is 32.7 Å². The lowest BCUT2D eigenvalue weighted by Gasteiger charge is -2.35. The molecule has 0 aromatic heterocycles. The van der Waals surface area contributed by atoms with Crippen LogP contribution in [0.4, 0.5) is 0 Å². The molecule has 5 nitrogen and oxygen atoms in total. The van der Waals surface area contributed by atoms with Gasteiger partial charge in [-0.25, -0.2) is 0 Å². The predicted octanol–water partition coefficient (Wildman–Crippen LogP) is 3.79. The van der Waals surface area contributed by atoms with E-state index in [1.807, 2.05) is 11.0 Å². The van der Waals surface area contributed by atoms with Crippen molar-refractivity contribution in [3.05, 3.63) is 59.2 Å². The molecule has 1 saturated heterocycles. The number of hydrogen-bond donors (Lipinski definition) is 0. The summed E-state index contributed by atoms with van der Waals surface area (Å²) in [6.07, 6.45) is 0. The maximum atomic E-state index is 13.0. The Bertz CT molecular complexity index is 794. The van der Waals surface area contributed by atoms with Crippen LogP contribution in [0.3, 0.4) is 0 Å². The Balaban J connectivity index is 1.60. The lowest BCUT2D eigenvalue weighted by Crippen LogP contribution is -2.48. The van der Waals surface area contributed by atoms with Gasteiger partial charge in [-0.05, 0) is 29.2 Å². The van der Waals surface area contributed by atoms with E-state index in [1.165, 1.54) is 11.1 Å². The molecule has 1 amide bonds. The van der Waals surface area contributed by atoms with Crippen LogP contribution >= 0.6 is 0 Å². The number of rotatable bonds is 6. The molecule has 0 saturated carbocycles. The number of piperazine rings is 1. The van der Waals surface area contributed by atoms with E-state index in [2.05, 4.69) is 43.0 Å². The van der Waals surface area contributed by atoms with Crippen molar-refractivity contribution in [2.45, 2.75) is 26.3 Å². The monoisotopic (exact) mass is 382 g/mol.